The van der Waals surface area contributed by atoms with Crippen LogP contribution in [0.4, 0.5) is 0 Å². The molecule has 0 spiro atoms. The minimum absolute atomic E-state index is 0.0876. The minimum Gasteiger partial charge on any atom is -0.383 e. The number of carbonyl (C=O) groups is 1. The lowest BCUT2D eigenvalue weighted by atomic mass is 10.1. The van der Waals surface area contributed by atoms with Crippen molar-refractivity contribution in [1.29, 1.82) is 0 Å². The average Bonchev–Trinajstić information content (AvgIpc) is 2.15. The number of hydrogen-bond acceptors (Lipinski definition) is 2. The molecule has 1 rings (SSSR count). The van der Waals surface area contributed by atoms with E-state index in [-0.39, 0.29) is 5.78 Å². The summed E-state index contributed by atoms with van der Waals surface area (Å²) in [5.41, 5.74) is 1.11. The number of carbonyl (C=O) groups excluding carboxylic acids is 1. The van der Waals surface area contributed by atoms with Crippen LogP contribution in [0.15, 0.2) is 30.0 Å². The number of rotatable bonds is 3. The van der Waals surface area contributed by atoms with Crippen molar-refractivity contribution in [2.75, 3.05) is 14.1 Å². The van der Waals surface area contributed by atoms with Crippen molar-refractivity contribution in [2.45, 2.75) is 6.92 Å². The van der Waals surface area contributed by atoms with Crippen molar-refractivity contribution >= 4 is 29.0 Å². The van der Waals surface area contributed by atoms with E-state index in [2.05, 4.69) is 0 Å². The molecule has 0 saturated heterocycles. The van der Waals surface area contributed by atoms with Gasteiger partial charge in [-0.25, -0.2) is 0 Å². The molecule has 0 heterocycles. The highest BCUT2D eigenvalue weighted by Gasteiger charge is 2.12. The molecule has 0 aliphatic carbocycles. The van der Waals surface area contributed by atoms with Gasteiger partial charge in [0.05, 0.1) is 5.02 Å². The van der Waals surface area contributed by atoms with Crippen molar-refractivity contribution in [3.8, 4) is 0 Å². The van der Waals surface area contributed by atoms with Crippen LogP contribution in [-0.4, -0.2) is 24.8 Å². The molecule has 0 N–H and O–H groups in total. The van der Waals surface area contributed by atoms with Gasteiger partial charge in [-0.1, -0.05) is 23.2 Å². The van der Waals surface area contributed by atoms with Crippen molar-refractivity contribution in [2.24, 2.45) is 0 Å². The topological polar surface area (TPSA) is 20.3 Å². The SMILES string of the molecule is C/C(=C/N(C)C)C(=O)c1ccc(Cl)cc1Cl. The first-order valence-electron chi connectivity index (χ1n) is 4.76. The van der Waals surface area contributed by atoms with Crippen LogP contribution in [0.2, 0.25) is 10.0 Å². The summed E-state index contributed by atoms with van der Waals surface area (Å²) in [7, 11) is 3.72. The van der Waals surface area contributed by atoms with Crippen LogP contribution < -0.4 is 0 Å². The first-order chi connectivity index (χ1) is 7.41. The quantitative estimate of drug-likeness (QED) is 0.609. The Hall–Kier alpha value is -0.990. The summed E-state index contributed by atoms with van der Waals surface area (Å²) < 4.78 is 0. The van der Waals surface area contributed by atoms with E-state index < -0.39 is 0 Å². The van der Waals surface area contributed by atoms with Crippen LogP contribution in [0.25, 0.3) is 0 Å². The Balaban J connectivity index is 3.06. The summed E-state index contributed by atoms with van der Waals surface area (Å²) in [5, 5.41) is 0.903. The van der Waals surface area contributed by atoms with Crippen molar-refractivity contribution in [3.63, 3.8) is 0 Å². The lowest BCUT2D eigenvalue weighted by Crippen LogP contribution is -2.08. The first-order valence-corrected chi connectivity index (χ1v) is 5.52. The van der Waals surface area contributed by atoms with Gasteiger partial charge >= 0.3 is 0 Å². The largest absolute Gasteiger partial charge is 0.383 e. The highest BCUT2D eigenvalue weighted by molar-refractivity contribution is 6.37. The molecule has 0 aliphatic heterocycles. The third-order valence-corrected chi connectivity index (χ3v) is 2.53. The Morgan fingerprint density at radius 2 is 1.94 bits per heavy atom. The Morgan fingerprint density at radius 1 is 1.31 bits per heavy atom. The molecular formula is C12H13Cl2NO. The number of allylic oxidation sites excluding steroid dienone is 1. The molecule has 0 atom stereocenters. The molecule has 0 radical (unpaired) electrons. The number of Topliss-reactive ketones (excluding diaryl/α,β-unsaturated/α-hetero) is 1. The summed E-state index contributed by atoms with van der Waals surface area (Å²) in [6.07, 6.45) is 1.76. The maximum atomic E-state index is 12.0. The third kappa shape index (κ3) is 3.26. The molecular weight excluding hydrogens is 245 g/mol. The molecule has 0 fully saturated rings. The summed E-state index contributed by atoms with van der Waals surface area (Å²) >= 11 is 11.7. The summed E-state index contributed by atoms with van der Waals surface area (Å²) in [6, 6.07) is 4.86. The van der Waals surface area contributed by atoms with Gasteiger partial charge < -0.3 is 4.90 Å². The van der Waals surface area contributed by atoms with E-state index in [1.54, 1.807) is 31.3 Å². The Morgan fingerprint density at radius 3 is 2.44 bits per heavy atom. The van der Waals surface area contributed by atoms with Gasteiger partial charge in [0, 0.05) is 36.5 Å². The standard InChI is InChI=1S/C12H13Cl2NO/c1-8(7-15(2)3)12(16)10-5-4-9(13)6-11(10)14/h4-7H,1-3H3/b8-7-. The molecule has 1 aromatic rings. The second-order valence-electron chi connectivity index (χ2n) is 3.73. The van der Waals surface area contributed by atoms with E-state index in [0.29, 0.717) is 21.2 Å². The van der Waals surface area contributed by atoms with E-state index in [4.69, 9.17) is 23.2 Å². The maximum Gasteiger partial charge on any atom is 0.191 e. The van der Waals surface area contributed by atoms with Gasteiger partial charge in [0.2, 0.25) is 0 Å². The molecule has 0 unspecified atom stereocenters. The summed E-state index contributed by atoms with van der Waals surface area (Å²) in [6.45, 7) is 1.76. The molecule has 0 aliphatic rings. The molecule has 4 heteroatoms. The molecule has 0 amide bonds. The lowest BCUT2D eigenvalue weighted by Gasteiger charge is -2.08. The van der Waals surface area contributed by atoms with Gasteiger partial charge in [-0.05, 0) is 25.1 Å². The van der Waals surface area contributed by atoms with Crippen LogP contribution in [0.5, 0.6) is 0 Å². The summed E-state index contributed by atoms with van der Waals surface area (Å²) in [4.78, 5) is 13.8. The number of nitrogens with zero attached hydrogens (tertiary/aromatic N) is 1. The second kappa shape index (κ2) is 5.37. The number of benzene rings is 1. The molecule has 0 bridgehead atoms. The van der Waals surface area contributed by atoms with Gasteiger partial charge in [-0.2, -0.15) is 0 Å². The van der Waals surface area contributed by atoms with Crippen LogP contribution >= 0.6 is 23.2 Å². The lowest BCUT2D eigenvalue weighted by molar-refractivity contribution is 0.103. The van der Waals surface area contributed by atoms with Crippen LogP contribution in [0.3, 0.4) is 0 Å². The first kappa shape index (κ1) is 13.1. The molecule has 86 valence electrons. The predicted octanol–water partition coefficient (Wildman–Crippen LogP) is 3.64. The van der Waals surface area contributed by atoms with Gasteiger partial charge in [-0.3, -0.25) is 4.79 Å². The van der Waals surface area contributed by atoms with E-state index in [9.17, 15) is 4.79 Å². The van der Waals surface area contributed by atoms with E-state index >= 15 is 0 Å². The zero-order chi connectivity index (χ0) is 12.3. The maximum absolute atomic E-state index is 12.0. The highest BCUT2D eigenvalue weighted by atomic mass is 35.5. The highest BCUT2D eigenvalue weighted by Crippen LogP contribution is 2.23. The van der Waals surface area contributed by atoms with Crippen molar-refractivity contribution in [3.05, 3.63) is 45.6 Å². The zero-order valence-electron chi connectivity index (χ0n) is 9.42. The summed E-state index contributed by atoms with van der Waals surface area (Å²) in [5.74, 6) is -0.0876. The Kier molecular flexibility index (Phi) is 4.39. The van der Waals surface area contributed by atoms with Gasteiger partial charge in [0.1, 0.15) is 0 Å². The van der Waals surface area contributed by atoms with Gasteiger partial charge in [0.15, 0.2) is 5.78 Å². The molecule has 0 aromatic heterocycles. The fourth-order valence-electron chi connectivity index (χ4n) is 1.33. The Labute approximate surface area is 105 Å². The molecule has 0 saturated carbocycles. The fourth-order valence-corrected chi connectivity index (χ4v) is 1.83. The van der Waals surface area contributed by atoms with E-state index in [1.807, 2.05) is 19.0 Å². The average molecular weight is 258 g/mol. The van der Waals surface area contributed by atoms with Crippen molar-refractivity contribution < 1.29 is 4.79 Å². The van der Waals surface area contributed by atoms with Crippen LogP contribution in [0, 0.1) is 0 Å². The fraction of sp³-hybridized carbons (Fsp3) is 0.250. The molecule has 16 heavy (non-hydrogen) atoms. The molecule has 1 aromatic carbocycles. The Bertz CT molecular complexity index is 439. The number of hydrogen-bond donors (Lipinski definition) is 0. The molecule has 2 nitrogen and oxygen atoms in total. The zero-order valence-corrected chi connectivity index (χ0v) is 10.9. The van der Waals surface area contributed by atoms with E-state index in [1.165, 1.54) is 0 Å². The van der Waals surface area contributed by atoms with Gasteiger partial charge in [0.25, 0.3) is 0 Å². The van der Waals surface area contributed by atoms with Gasteiger partial charge in [-0.15, -0.1) is 0 Å². The van der Waals surface area contributed by atoms with E-state index in [0.717, 1.165) is 0 Å². The second-order valence-corrected chi connectivity index (χ2v) is 4.57. The monoisotopic (exact) mass is 257 g/mol. The number of halogens is 2. The van der Waals surface area contributed by atoms with Crippen LogP contribution in [0.1, 0.15) is 17.3 Å². The smallest absolute Gasteiger partial charge is 0.191 e. The van der Waals surface area contributed by atoms with Crippen LogP contribution in [-0.2, 0) is 0 Å². The van der Waals surface area contributed by atoms with Crippen molar-refractivity contribution in [1.82, 2.24) is 4.90 Å². The normalized spacial score (nSPS) is 11.4. The third-order valence-electron chi connectivity index (χ3n) is 1.99. The number of ketones is 1. The minimum atomic E-state index is -0.0876. The predicted molar refractivity (Wildman–Crippen MR) is 68.2 cm³/mol.